The van der Waals surface area contributed by atoms with Gasteiger partial charge < -0.3 is 20.3 Å². The van der Waals surface area contributed by atoms with Gasteiger partial charge in [-0.15, -0.1) is 0 Å². The maximum atomic E-state index is 13.7. The minimum atomic E-state index is -1.06. The summed E-state index contributed by atoms with van der Waals surface area (Å²) < 4.78 is 32.2. The van der Waals surface area contributed by atoms with Crippen LogP contribution in [0.4, 0.5) is 14.5 Å². The summed E-state index contributed by atoms with van der Waals surface area (Å²) in [7, 11) is 3.64. The first-order valence-corrected chi connectivity index (χ1v) is 9.98. The molecule has 3 rings (SSSR count). The van der Waals surface area contributed by atoms with Crippen LogP contribution >= 0.6 is 0 Å². The molecule has 0 radical (unpaired) electrons. The van der Waals surface area contributed by atoms with Crippen LogP contribution in [0.25, 0.3) is 0 Å². The molecule has 31 heavy (non-hydrogen) atoms. The van der Waals surface area contributed by atoms with Gasteiger partial charge in [0.1, 0.15) is 17.4 Å². The van der Waals surface area contributed by atoms with Gasteiger partial charge in [-0.05, 0) is 36.9 Å². The van der Waals surface area contributed by atoms with E-state index in [1.54, 1.807) is 7.11 Å². The zero-order valence-electron chi connectivity index (χ0n) is 17.5. The molecule has 9 heteroatoms. The number of benzene rings is 2. The van der Waals surface area contributed by atoms with Gasteiger partial charge in [-0.3, -0.25) is 14.5 Å². The minimum absolute atomic E-state index is 0.151. The number of rotatable bonds is 6. The molecule has 2 amide bonds. The van der Waals surface area contributed by atoms with Crippen LogP contribution in [-0.2, 0) is 9.59 Å². The number of hydrogen-bond acceptors (Lipinski definition) is 5. The van der Waals surface area contributed by atoms with Gasteiger partial charge in [-0.1, -0.05) is 12.1 Å². The second kappa shape index (κ2) is 10.3. The van der Waals surface area contributed by atoms with Crippen molar-refractivity contribution in [3.63, 3.8) is 0 Å². The molecule has 2 aromatic carbocycles. The third-order valence-electron chi connectivity index (χ3n) is 5.32. The number of halogens is 2. The predicted octanol–water partition coefficient (Wildman–Crippen LogP) is 2.02. The van der Waals surface area contributed by atoms with Gasteiger partial charge in [0.05, 0.1) is 18.8 Å². The highest BCUT2D eigenvalue weighted by Gasteiger charge is 2.26. The SMILES string of the molecule is COc1ccc([C@@H](CNC(=O)C(=O)Nc2cc(F)ccc2F)N2CCN(C)CC2)cc1. The Bertz CT molecular complexity index is 915. The van der Waals surface area contributed by atoms with E-state index in [0.29, 0.717) is 0 Å². The number of nitrogens with one attached hydrogen (secondary N) is 2. The molecule has 1 saturated heterocycles. The number of methoxy groups -OCH3 is 1. The third-order valence-corrected chi connectivity index (χ3v) is 5.32. The van der Waals surface area contributed by atoms with E-state index >= 15 is 0 Å². The van der Waals surface area contributed by atoms with Crippen molar-refractivity contribution in [1.29, 1.82) is 0 Å². The fraction of sp³-hybridized carbons (Fsp3) is 0.364. The van der Waals surface area contributed by atoms with Crippen molar-refractivity contribution in [3.8, 4) is 5.75 Å². The molecule has 1 aliphatic rings. The number of piperazine rings is 1. The quantitative estimate of drug-likeness (QED) is 0.684. The summed E-state index contributed by atoms with van der Waals surface area (Å²) in [4.78, 5) is 29.0. The van der Waals surface area contributed by atoms with Gasteiger partial charge in [0, 0.05) is 38.8 Å². The molecule has 7 nitrogen and oxygen atoms in total. The summed E-state index contributed by atoms with van der Waals surface area (Å²) in [6, 6.07) is 10.0. The fourth-order valence-electron chi connectivity index (χ4n) is 3.46. The van der Waals surface area contributed by atoms with Crippen LogP contribution < -0.4 is 15.4 Å². The van der Waals surface area contributed by atoms with E-state index < -0.39 is 23.4 Å². The third kappa shape index (κ3) is 5.99. The Morgan fingerprint density at radius 3 is 2.35 bits per heavy atom. The number of nitrogens with zero attached hydrogens (tertiary/aromatic N) is 2. The Balaban J connectivity index is 1.67. The van der Waals surface area contributed by atoms with Crippen molar-refractivity contribution in [2.75, 3.05) is 52.2 Å². The summed E-state index contributed by atoms with van der Waals surface area (Å²) in [6.45, 7) is 3.58. The van der Waals surface area contributed by atoms with Crippen molar-refractivity contribution in [3.05, 3.63) is 59.7 Å². The van der Waals surface area contributed by atoms with E-state index in [9.17, 15) is 18.4 Å². The van der Waals surface area contributed by atoms with Gasteiger partial charge in [0.25, 0.3) is 0 Å². The predicted molar refractivity (Wildman–Crippen MR) is 113 cm³/mol. The maximum Gasteiger partial charge on any atom is 0.313 e. The fourth-order valence-corrected chi connectivity index (χ4v) is 3.46. The van der Waals surface area contributed by atoms with E-state index in [1.807, 2.05) is 24.3 Å². The molecule has 0 bridgehead atoms. The monoisotopic (exact) mass is 432 g/mol. The van der Waals surface area contributed by atoms with Crippen LogP contribution in [-0.4, -0.2) is 68.5 Å². The molecule has 0 saturated carbocycles. The summed E-state index contributed by atoms with van der Waals surface area (Å²) in [5, 5.41) is 4.73. The summed E-state index contributed by atoms with van der Waals surface area (Å²) in [5.41, 5.74) is 0.591. The number of likely N-dealkylation sites (N-methyl/N-ethyl adjacent to an activating group) is 1. The van der Waals surface area contributed by atoms with Crippen LogP contribution in [0, 0.1) is 11.6 Å². The first-order valence-electron chi connectivity index (χ1n) is 9.98. The summed E-state index contributed by atoms with van der Waals surface area (Å²) in [6.07, 6.45) is 0. The molecule has 0 aromatic heterocycles. The van der Waals surface area contributed by atoms with Gasteiger partial charge >= 0.3 is 11.8 Å². The van der Waals surface area contributed by atoms with Crippen molar-refractivity contribution in [1.82, 2.24) is 15.1 Å². The maximum absolute atomic E-state index is 13.7. The summed E-state index contributed by atoms with van der Waals surface area (Å²) in [5.74, 6) is -2.79. The molecule has 2 N–H and O–H groups in total. The first-order chi connectivity index (χ1) is 14.9. The lowest BCUT2D eigenvalue weighted by Crippen LogP contribution is -2.49. The Morgan fingerprint density at radius 1 is 1.03 bits per heavy atom. The van der Waals surface area contributed by atoms with Crippen LogP contribution in [0.5, 0.6) is 5.75 Å². The largest absolute Gasteiger partial charge is 0.497 e. The number of carbonyl (C=O) groups is 2. The van der Waals surface area contributed by atoms with Gasteiger partial charge in [-0.2, -0.15) is 0 Å². The molecule has 0 aliphatic carbocycles. The van der Waals surface area contributed by atoms with E-state index in [0.717, 1.165) is 55.7 Å². The molecule has 1 aliphatic heterocycles. The smallest absolute Gasteiger partial charge is 0.313 e. The van der Waals surface area contributed by atoms with E-state index in [4.69, 9.17) is 4.74 Å². The van der Waals surface area contributed by atoms with E-state index in [-0.39, 0.29) is 18.3 Å². The second-order valence-corrected chi connectivity index (χ2v) is 7.42. The Morgan fingerprint density at radius 2 is 1.71 bits per heavy atom. The van der Waals surface area contributed by atoms with Gasteiger partial charge in [-0.25, -0.2) is 8.78 Å². The molecule has 1 fully saturated rings. The highest BCUT2D eigenvalue weighted by atomic mass is 19.1. The van der Waals surface area contributed by atoms with Crippen molar-refractivity contribution >= 4 is 17.5 Å². The van der Waals surface area contributed by atoms with Gasteiger partial charge in [0.2, 0.25) is 0 Å². The Labute approximate surface area is 180 Å². The summed E-state index contributed by atoms with van der Waals surface area (Å²) >= 11 is 0. The minimum Gasteiger partial charge on any atom is -0.497 e. The molecule has 2 aromatic rings. The zero-order chi connectivity index (χ0) is 22.4. The lowest BCUT2D eigenvalue weighted by molar-refractivity contribution is -0.136. The second-order valence-electron chi connectivity index (χ2n) is 7.42. The molecule has 1 heterocycles. The lowest BCUT2D eigenvalue weighted by Gasteiger charge is -2.38. The van der Waals surface area contributed by atoms with Crippen molar-refractivity contribution in [2.45, 2.75) is 6.04 Å². The van der Waals surface area contributed by atoms with E-state index in [2.05, 4.69) is 27.5 Å². The number of amides is 2. The topological polar surface area (TPSA) is 73.9 Å². The van der Waals surface area contributed by atoms with Crippen LogP contribution in [0.2, 0.25) is 0 Å². The highest BCUT2D eigenvalue weighted by Crippen LogP contribution is 2.24. The Hall–Kier alpha value is -3.04. The number of carbonyl (C=O) groups excluding carboxylic acids is 2. The molecule has 0 unspecified atom stereocenters. The molecular formula is C22H26F2N4O3. The number of hydrogen-bond donors (Lipinski definition) is 2. The van der Waals surface area contributed by atoms with Crippen LogP contribution in [0.15, 0.2) is 42.5 Å². The van der Waals surface area contributed by atoms with Crippen LogP contribution in [0.1, 0.15) is 11.6 Å². The van der Waals surface area contributed by atoms with E-state index in [1.165, 1.54) is 0 Å². The average Bonchev–Trinajstić information content (AvgIpc) is 2.77. The number of ether oxygens (including phenoxy) is 1. The molecular weight excluding hydrogens is 406 g/mol. The Kier molecular flexibility index (Phi) is 7.54. The van der Waals surface area contributed by atoms with Crippen molar-refractivity contribution < 1.29 is 23.1 Å². The first kappa shape index (κ1) is 22.6. The average molecular weight is 432 g/mol. The van der Waals surface area contributed by atoms with Gasteiger partial charge in [0.15, 0.2) is 0 Å². The normalized spacial score (nSPS) is 15.9. The molecule has 0 spiro atoms. The standard InChI is InChI=1S/C22H26F2N4O3/c1-27-9-11-28(12-10-27)20(15-3-6-17(31-2)7-4-15)14-25-21(29)22(30)26-19-13-16(23)5-8-18(19)24/h3-8,13,20H,9-12,14H2,1-2H3,(H,25,29)(H,26,30)/t20-/m1/s1. The zero-order valence-corrected chi connectivity index (χ0v) is 17.5. The van der Waals surface area contributed by atoms with Crippen molar-refractivity contribution in [2.24, 2.45) is 0 Å². The molecule has 1 atom stereocenters. The van der Waals surface area contributed by atoms with Crippen LogP contribution in [0.3, 0.4) is 0 Å². The lowest BCUT2D eigenvalue weighted by atomic mass is 10.0. The highest BCUT2D eigenvalue weighted by molar-refractivity contribution is 6.39. The molecule has 166 valence electrons. The number of anilines is 1.